The predicted molar refractivity (Wildman–Crippen MR) is 148 cm³/mol. The van der Waals surface area contributed by atoms with Crippen molar-refractivity contribution in [1.29, 1.82) is 0 Å². The third-order valence-corrected chi connectivity index (χ3v) is 7.22. The fraction of sp³-hybridized carbons (Fsp3) is 0.219. The summed E-state index contributed by atoms with van der Waals surface area (Å²) in [5, 5.41) is 9.47. The lowest BCUT2D eigenvalue weighted by molar-refractivity contribution is -0.252. The highest BCUT2D eigenvalue weighted by Gasteiger charge is 2.32. The van der Waals surface area contributed by atoms with E-state index in [9.17, 15) is 5.11 Å². The Bertz CT molecular complexity index is 1510. The number of benzene rings is 4. The molecule has 0 aliphatic carbocycles. The van der Waals surface area contributed by atoms with Crippen LogP contribution < -0.4 is 5.73 Å². The summed E-state index contributed by atoms with van der Waals surface area (Å²) in [6.45, 7) is 1.22. The van der Waals surface area contributed by atoms with E-state index < -0.39 is 6.29 Å². The number of hydrogen-bond acceptors (Lipinski definition) is 5. The molecule has 1 saturated heterocycles. The van der Waals surface area contributed by atoms with Crippen molar-refractivity contribution in [2.75, 3.05) is 0 Å². The van der Waals surface area contributed by atoms with Crippen LogP contribution in [0.2, 0.25) is 0 Å². The number of ether oxygens (including phenoxy) is 2. The lowest BCUT2D eigenvalue weighted by Crippen LogP contribution is -2.32. The van der Waals surface area contributed by atoms with E-state index in [0.29, 0.717) is 19.5 Å². The number of hydrogen-bond donors (Lipinski definition) is 2. The highest BCUT2D eigenvalue weighted by atomic mass is 16.7. The Balaban J connectivity index is 1.28. The Hall–Kier alpha value is -3.81. The zero-order valence-corrected chi connectivity index (χ0v) is 21.1. The molecule has 6 rings (SSSR count). The molecule has 0 unspecified atom stereocenters. The fourth-order valence-corrected chi connectivity index (χ4v) is 5.12. The molecule has 1 fully saturated rings. The molecule has 6 nitrogen and oxygen atoms in total. The maximum atomic E-state index is 9.47. The minimum atomic E-state index is -0.504. The van der Waals surface area contributed by atoms with Gasteiger partial charge in [0.2, 0.25) is 0 Å². The number of fused-ring (bicyclic) bond motifs is 1. The number of aliphatic hydroxyl groups excluding tert-OH is 1. The van der Waals surface area contributed by atoms with Crippen molar-refractivity contribution >= 4 is 11.0 Å². The molecule has 0 bridgehead atoms. The minimum absolute atomic E-state index is 0.0222. The summed E-state index contributed by atoms with van der Waals surface area (Å²) >= 11 is 0. The number of nitrogens with two attached hydrogens (primary N) is 1. The van der Waals surface area contributed by atoms with Gasteiger partial charge in [-0.1, -0.05) is 78.9 Å². The number of para-hydroxylation sites is 2. The number of aliphatic hydroxyl groups is 1. The molecule has 5 aromatic rings. The molecule has 6 heteroatoms. The maximum absolute atomic E-state index is 9.47. The second-order valence-corrected chi connectivity index (χ2v) is 9.76. The van der Waals surface area contributed by atoms with Gasteiger partial charge in [-0.2, -0.15) is 0 Å². The van der Waals surface area contributed by atoms with Crippen molar-refractivity contribution < 1.29 is 14.6 Å². The predicted octanol–water partition coefficient (Wildman–Crippen LogP) is 5.90. The summed E-state index contributed by atoms with van der Waals surface area (Å²) in [4.78, 5) is 4.55. The molecular weight excluding hydrogens is 474 g/mol. The lowest BCUT2D eigenvalue weighted by atomic mass is 9.99. The first kappa shape index (κ1) is 24.5. The molecule has 0 amide bonds. The monoisotopic (exact) mass is 505 g/mol. The van der Waals surface area contributed by atoms with Crippen molar-refractivity contribution in [2.24, 2.45) is 5.73 Å². The summed E-state index contributed by atoms with van der Waals surface area (Å²) in [7, 11) is 0. The third kappa shape index (κ3) is 5.12. The van der Waals surface area contributed by atoms with Crippen LogP contribution in [0.25, 0.3) is 22.2 Å². The summed E-state index contributed by atoms with van der Waals surface area (Å²) < 4.78 is 15.2. The smallest absolute Gasteiger partial charge is 0.184 e. The average molecular weight is 506 g/mol. The SMILES string of the molecule is NCc1cccc(-c2ccc([C@@H]3O[C@H](Cn4cnc5ccccc54)C[C@H](c4ccc(CO)cc4)O3)cc2)c1. The van der Waals surface area contributed by atoms with Crippen molar-refractivity contribution in [1.82, 2.24) is 9.55 Å². The van der Waals surface area contributed by atoms with E-state index in [2.05, 4.69) is 52.0 Å². The van der Waals surface area contributed by atoms with Gasteiger partial charge in [-0.05, 0) is 46.0 Å². The van der Waals surface area contributed by atoms with Gasteiger partial charge in [-0.15, -0.1) is 0 Å². The molecule has 1 aliphatic heterocycles. The van der Waals surface area contributed by atoms with Crippen molar-refractivity contribution in [2.45, 2.75) is 44.6 Å². The molecule has 1 aromatic heterocycles. The van der Waals surface area contributed by atoms with Gasteiger partial charge in [-0.25, -0.2) is 4.98 Å². The molecule has 192 valence electrons. The Kier molecular flexibility index (Phi) is 7.03. The van der Waals surface area contributed by atoms with Crippen molar-refractivity contribution in [3.05, 3.63) is 126 Å². The Labute approximate surface area is 222 Å². The van der Waals surface area contributed by atoms with E-state index in [1.54, 1.807) is 0 Å². The van der Waals surface area contributed by atoms with Crippen molar-refractivity contribution in [3.8, 4) is 11.1 Å². The van der Waals surface area contributed by atoms with E-state index >= 15 is 0 Å². The maximum Gasteiger partial charge on any atom is 0.184 e. The van der Waals surface area contributed by atoms with Crippen LogP contribution in [-0.4, -0.2) is 20.8 Å². The number of imidazole rings is 1. The molecule has 0 spiro atoms. The molecular formula is C32H31N3O3. The highest BCUT2D eigenvalue weighted by Crippen LogP contribution is 2.39. The third-order valence-electron chi connectivity index (χ3n) is 7.22. The average Bonchev–Trinajstić information content (AvgIpc) is 3.39. The van der Waals surface area contributed by atoms with Crippen LogP contribution in [0.15, 0.2) is 103 Å². The van der Waals surface area contributed by atoms with Gasteiger partial charge < -0.3 is 24.9 Å². The molecule has 3 atom stereocenters. The van der Waals surface area contributed by atoms with E-state index in [1.807, 2.05) is 60.9 Å². The second kappa shape index (κ2) is 10.9. The Morgan fingerprint density at radius 3 is 2.39 bits per heavy atom. The van der Waals surface area contributed by atoms with E-state index in [4.69, 9.17) is 15.2 Å². The van der Waals surface area contributed by atoms with Crippen molar-refractivity contribution in [3.63, 3.8) is 0 Å². The zero-order chi connectivity index (χ0) is 25.9. The van der Waals surface area contributed by atoms with Gasteiger partial charge >= 0.3 is 0 Å². The summed E-state index contributed by atoms with van der Waals surface area (Å²) in [6, 6.07) is 32.8. The van der Waals surface area contributed by atoms with Gasteiger partial charge in [0.1, 0.15) is 0 Å². The van der Waals surface area contributed by atoms with Crippen LogP contribution in [0.5, 0.6) is 0 Å². The number of nitrogens with zero attached hydrogens (tertiary/aromatic N) is 2. The van der Waals surface area contributed by atoms with E-state index in [0.717, 1.165) is 44.4 Å². The second-order valence-electron chi connectivity index (χ2n) is 9.76. The summed E-state index contributed by atoms with van der Waals surface area (Å²) in [5.74, 6) is 0. The van der Waals surface area contributed by atoms with Crippen LogP contribution in [-0.2, 0) is 29.2 Å². The lowest BCUT2D eigenvalue weighted by Gasteiger charge is -2.36. The Morgan fingerprint density at radius 2 is 1.61 bits per heavy atom. The first-order valence-electron chi connectivity index (χ1n) is 13.0. The molecule has 38 heavy (non-hydrogen) atoms. The standard InChI is InChI=1S/C32H31N3O3/c33-18-23-4-3-5-27(16-23)24-12-14-26(15-13-24)32-37-28(19-35-21-34-29-6-1-2-7-30(29)35)17-31(38-32)25-10-8-22(20-36)9-11-25/h1-16,21,28,31-32,36H,17-20,33H2/t28-,31+,32+/m0/s1. The normalized spacial score (nSPS) is 19.6. The first-order chi connectivity index (χ1) is 18.7. The van der Waals surface area contributed by atoms with Gasteiger partial charge in [-0.3, -0.25) is 0 Å². The first-order valence-corrected chi connectivity index (χ1v) is 13.0. The summed E-state index contributed by atoms with van der Waals surface area (Å²) in [6.07, 6.45) is 1.88. The van der Waals surface area contributed by atoms with Gasteiger partial charge in [0, 0.05) is 18.5 Å². The number of aromatic nitrogens is 2. The van der Waals surface area contributed by atoms with Gasteiger partial charge in [0.15, 0.2) is 6.29 Å². The minimum Gasteiger partial charge on any atom is -0.392 e. The van der Waals surface area contributed by atoms with Gasteiger partial charge in [0.25, 0.3) is 0 Å². The van der Waals surface area contributed by atoms with Gasteiger partial charge in [0.05, 0.1) is 42.7 Å². The van der Waals surface area contributed by atoms with Crippen LogP contribution in [0.3, 0.4) is 0 Å². The molecule has 0 radical (unpaired) electrons. The van der Waals surface area contributed by atoms with Crippen LogP contribution in [0.4, 0.5) is 0 Å². The zero-order valence-electron chi connectivity index (χ0n) is 21.1. The molecule has 4 aromatic carbocycles. The largest absolute Gasteiger partial charge is 0.392 e. The van der Waals surface area contributed by atoms with Crippen LogP contribution in [0.1, 0.15) is 41.1 Å². The quantitative estimate of drug-likeness (QED) is 0.288. The van der Waals surface area contributed by atoms with Crippen LogP contribution >= 0.6 is 0 Å². The van der Waals surface area contributed by atoms with E-state index in [-0.39, 0.29) is 18.8 Å². The number of rotatable bonds is 7. The molecule has 3 N–H and O–H groups in total. The highest BCUT2D eigenvalue weighted by molar-refractivity contribution is 5.74. The summed E-state index contributed by atoms with van der Waals surface area (Å²) in [5.41, 5.74) is 14.2. The Morgan fingerprint density at radius 1 is 0.816 bits per heavy atom. The molecule has 1 aliphatic rings. The van der Waals surface area contributed by atoms with Crippen LogP contribution in [0, 0.1) is 0 Å². The fourth-order valence-electron chi connectivity index (χ4n) is 5.12. The van der Waals surface area contributed by atoms with E-state index in [1.165, 1.54) is 0 Å². The molecule has 0 saturated carbocycles. The molecule has 2 heterocycles. The topological polar surface area (TPSA) is 82.5 Å².